The van der Waals surface area contributed by atoms with Crippen molar-refractivity contribution in [3.05, 3.63) is 0 Å². The van der Waals surface area contributed by atoms with Crippen molar-refractivity contribution in [2.24, 2.45) is 11.8 Å². The van der Waals surface area contributed by atoms with Crippen LogP contribution >= 0.6 is 0 Å². The first-order valence-corrected chi connectivity index (χ1v) is 10.1. The van der Waals surface area contributed by atoms with E-state index in [-0.39, 0.29) is 0 Å². The van der Waals surface area contributed by atoms with Gasteiger partial charge >= 0.3 is 12.2 Å². The molecule has 0 N–H and O–H groups in total. The lowest BCUT2D eigenvalue weighted by Gasteiger charge is -2.19. The van der Waals surface area contributed by atoms with Gasteiger partial charge in [-0.1, -0.05) is 25.7 Å². The number of nitrogens with zero attached hydrogens (tertiary/aromatic N) is 1. The van der Waals surface area contributed by atoms with E-state index in [1.807, 2.05) is 0 Å². The standard InChI is InChI=1S/C12H23NO5Si/c1-16-11(14)13(18-12(15)17-2)7-9-6-10(9)8-19(3,4)5/h9-10H,6-8H2,1-5H3/t9-,10+/m0/s1. The Kier molecular flexibility index (Phi) is 5.22. The summed E-state index contributed by atoms with van der Waals surface area (Å²) in [4.78, 5) is 27.4. The highest BCUT2D eigenvalue weighted by Gasteiger charge is 2.42. The molecule has 1 fully saturated rings. The maximum Gasteiger partial charge on any atom is 0.533 e. The third-order valence-electron chi connectivity index (χ3n) is 3.07. The van der Waals surface area contributed by atoms with Crippen LogP contribution in [0.4, 0.5) is 9.59 Å². The van der Waals surface area contributed by atoms with Gasteiger partial charge < -0.3 is 14.3 Å². The average Bonchev–Trinajstić information content (AvgIpc) is 3.02. The van der Waals surface area contributed by atoms with Gasteiger partial charge in [0.1, 0.15) is 0 Å². The van der Waals surface area contributed by atoms with Crippen LogP contribution in [0.2, 0.25) is 25.7 Å². The van der Waals surface area contributed by atoms with Crippen LogP contribution in [0.1, 0.15) is 6.42 Å². The Balaban J connectivity index is 2.47. The number of carbonyl (C=O) groups excluding carboxylic acids is 2. The normalized spacial score (nSPS) is 21.5. The molecule has 0 radical (unpaired) electrons. The van der Waals surface area contributed by atoms with E-state index < -0.39 is 20.3 Å². The predicted molar refractivity (Wildman–Crippen MR) is 72.4 cm³/mol. The minimum atomic E-state index is -1.09. The van der Waals surface area contributed by atoms with E-state index >= 15 is 0 Å². The highest BCUT2D eigenvalue weighted by Crippen LogP contribution is 2.44. The summed E-state index contributed by atoms with van der Waals surface area (Å²) in [5, 5.41) is 0.945. The zero-order valence-corrected chi connectivity index (χ0v) is 13.3. The second-order valence-corrected chi connectivity index (χ2v) is 11.6. The third kappa shape index (κ3) is 5.50. The summed E-state index contributed by atoms with van der Waals surface area (Å²) < 4.78 is 8.97. The van der Waals surface area contributed by atoms with Crippen molar-refractivity contribution in [2.45, 2.75) is 32.1 Å². The minimum absolute atomic E-state index is 0.372. The van der Waals surface area contributed by atoms with Gasteiger partial charge in [0, 0.05) is 8.07 Å². The largest absolute Gasteiger partial charge is 0.533 e. The van der Waals surface area contributed by atoms with Gasteiger partial charge in [0.05, 0.1) is 20.8 Å². The molecule has 110 valence electrons. The highest BCUT2D eigenvalue weighted by molar-refractivity contribution is 6.76. The zero-order chi connectivity index (χ0) is 14.6. The second kappa shape index (κ2) is 6.27. The first-order valence-electron chi connectivity index (χ1n) is 6.38. The van der Waals surface area contributed by atoms with Crippen molar-refractivity contribution < 1.29 is 23.9 Å². The number of methoxy groups -OCH3 is 2. The first-order chi connectivity index (χ1) is 8.76. The van der Waals surface area contributed by atoms with Crippen molar-refractivity contribution in [2.75, 3.05) is 20.8 Å². The molecule has 0 heterocycles. The molecule has 1 aliphatic rings. The Labute approximate surface area is 115 Å². The summed E-state index contributed by atoms with van der Waals surface area (Å²) in [5.74, 6) is 1.01. The third-order valence-corrected chi connectivity index (χ3v) is 4.82. The number of rotatable bonds is 4. The maximum absolute atomic E-state index is 11.5. The molecular formula is C12H23NO5Si. The lowest BCUT2D eigenvalue weighted by Crippen LogP contribution is -2.35. The Morgan fingerprint density at radius 1 is 1.16 bits per heavy atom. The molecule has 0 unspecified atom stereocenters. The summed E-state index contributed by atoms with van der Waals surface area (Å²) in [7, 11) is 1.36. The lowest BCUT2D eigenvalue weighted by molar-refractivity contribution is -0.106. The van der Waals surface area contributed by atoms with Gasteiger partial charge in [-0.2, -0.15) is 0 Å². The molecule has 0 spiro atoms. The van der Waals surface area contributed by atoms with Crippen LogP contribution in [0.3, 0.4) is 0 Å². The molecule has 0 aliphatic heterocycles. The predicted octanol–water partition coefficient (Wildman–Crippen LogP) is 2.73. The second-order valence-electron chi connectivity index (χ2n) is 6.10. The van der Waals surface area contributed by atoms with Crippen molar-refractivity contribution in [1.29, 1.82) is 0 Å². The van der Waals surface area contributed by atoms with E-state index in [0.29, 0.717) is 18.4 Å². The van der Waals surface area contributed by atoms with Crippen LogP contribution < -0.4 is 0 Å². The fourth-order valence-electron chi connectivity index (χ4n) is 2.16. The highest BCUT2D eigenvalue weighted by atomic mass is 28.3. The molecule has 0 saturated heterocycles. The minimum Gasteiger partial charge on any atom is -0.451 e. The molecule has 0 aromatic carbocycles. The number of hydroxylamine groups is 2. The Hall–Kier alpha value is -1.24. The molecule has 19 heavy (non-hydrogen) atoms. The zero-order valence-electron chi connectivity index (χ0n) is 12.3. The van der Waals surface area contributed by atoms with Gasteiger partial charge in [-0.15, -0.1) is 5.06 Å². The van der Waals surface area contributed by atoms with Crippen molar-refractivity contribution in [1.82, 2.24) is 5.06 Å². The summed E-state index contributed by atoms with van der Waals surface area (Å²) >= 11 is 0. The SMILES string of the molecule is COC(=O)ON(C[C@@H]1C[C@@H]1C[Si](C)(C)C)C(=O)OC. The molecular weight excluding hydrogens is 266 g/mol. The quantitative estimate of drug-likeness (QED) is 0.452. The molecule has 1 aliphatic carbocycles. The monoisotopic (exact) mass is 289 g/mol. The number of carbonyl (C=O) groups is 2. The summed E-state index contributed by atoms with van der Waals surface area (Å²) in [6.45, 7) is 7.35. The fourth-order valence-corrected chi connectivity index (χ4v) is 4.23. The topological polar surface area (TPSA) is 65.1 Å². The molecule has 1 saturated carbocycles. The lowest BCUT2D eigenvalue weighted by atomic mass is 10.3. The van der Waals surface area contributed by atoms with E-state index in [1.165, 1.54) is 20.3 Å². The molecule has 0 bridgehead atoms. The smallest absolute Gasteiger partial charge is 0.451 e. The maximum atomic E-state index is 11.5. The summed E-state index contributed by atoms with van der Waals surface area (Å²) in [6.07, 6.45) is -0.515. The van der Waals surface area contributed by atoms with Crippen LogP contribution in [0.5, 0.6) is 0 Å². The van der Waals surface area contributed by atoms with Gasteiger partial charge in [0.15, 0.2) is 0 Å². The Morgan fingerprint density at radius 2 is 1.79 bits per heavy atom. The number of hydrogen-bond donors (Lipinski definition) is 0. The Morgan fingerprint density at radius 3 is 2.26 bits per heavy atom. The van der Waals surface area contributed by atoms with Gasteiger partial charge in [-0.05, 0) is 18.3 Å². The molecule has 6 nitrogen and oxygen atoms in total. The van der Waals surface area contributed by atoms with Crippen LogP contribution in [-0.4, -0.2) is 46.2 Å². The van der Waals surface area contributed by atoms with Gasteiger partial charge in [0.2, 0.25) is 0 Å². The molecule has 7 heteroatoms. The van der Waals surface area contributed by atoms with Crippen LogP contribution in [0.25, 0.3) is 0 Å². The van der Waals surface area contributed by atoms with E-state index in [2.05, 4.69) is 29.1 Å². The van der Waals surface area contributed by atoms with E-state index in [4.69, 9.17) is 4.84 Å². The summed E-state index contributed by atoms with van der Waals surface area (Å²) in [5.41, 5.74) is 0. The van der Waals surface area contributed by atoms with Gasteiger partial charge in [0.25, 0.3) is 0 Å². The van der Waals surface area contributed by atoms with Crippen molar-refractivity contribution in [3.8, 4) is 0 Å². The van der Waals surface area contributed by atoms with Crippen molar-refractivity contribution >= 4 is 20.3 Å². The van der Waals surface area contributed by atoms with E-state index in [0.717, 1.165) is 11.5 Å². The molecule has 0 aromatic rings. The van der Waals surface area contributed by atoms with Crippen molar-refractivity contribution in [3.63, 3.8) is 0 Å². The molecule has 1 amide bonds. The number of ether oxygens (including phenoxy) is 2. The number of amides is 1. The Bertz CT molecular complexity index is 342. The van der Waals surface area contributed by atoms with E-state index in [9.17, 15) is 9.59 Å². The van der Waals surface area contributed by atoms with Crippen LogP contribution in [0.15, 0.2) is 0 Å². The van der Waals surface area contributed by atoms with Crippen LogP contribution in [-0.2, 0) is 14.3 Å². The molecule has 2 atom stereocenters. The fraction of sp³-hybridized carbons (Fsp3) is 0.833. The average molecular weight is 289 g/mol. The van der Waals surface area contributed by atoms with Crippen LogP contribution in [0, 0.1) is 11.8 Å². The van der Waals surface area contributed by atoms with Gasteiger partial charge in [-0.25, -0.2) is 9.59 Å². The van der Waals surface area contributed by atoms with E-state index in [1.54, 1.807) is 0 Å². The summed E-state index contributed by atoms with van der Waals surface area (Å²) in [6, 6.07) is 1.23. The molecule has 0 aromatic heterocycles. The molecule has 1 rings (SSSR count). The number of hydrogen-bond acceptors (Lipinski definition) is 5. The van der Waals surface area contributed by atoms with Gasteiger partial charge in [-0.3, -0.25) is 0 Å². The first kappa shape index (κ1) is 15.8.